The Hall–Kier alpha value is -2.54. The van der Waals surface area contributed by atoms with Crippen LogP contribution in [0.5, 0.6) is 0 Å². The van der Waals surface area contributed by atoms with Gasteiger partial charge in [0.15, 0.2) is 5.84 Å². The van der Waals surface area contributed by atoms with E-state index in [-0.39, 0.29) is 18.4 Å². The van der Waals surface area contributed by atoms with E-state index in [4.69, 9.17) is 4.74 Å². The number of pyridine rings is 1. The van der Waals surface area contributed by atoms with E-state index in [2.05, 4.69) is 26.7 Å². The number of nitrogens with one attached hydrogen (secondary N) is 1. The van der Waals surface area contributed by atoms with Crippen LogP contribution in [0.4, 0.5) is 0 Å². The van der Waals surface area contributed by atoms with E-state index in [0.29, 0.717) is 23.5 Å². The van der Waals surface area contributed by atoms with Gasteiger partial charge in [-0.3, -0.25) is 9.78 Å². The predicted molar refractivity (Wildman–Crippen MR) is 110 cm³/mol. The molecule has 7 heteroatoms. The monoisotopic (exact) mass is 399 g/mol. The summed E-state index contributed by atoms with van der Waals surface area (Å²) in [5.41, 5.74) is 1.83. The Bertz CT molecular complexity index is 948. The average molecular weight is 400 g/mol. The zero-order chi connectivity index (χ0) is 20.5. The maximum absolute atomic E-state index is 12.7. The molecule has 0 radical (unpaired) electrons. The maximum Gasteiger partial charge on any atom is 0.340 e. The van der Waals surface area contributed by atoms with Crippen LogP contribution in [0.25, 0.3) is 0 Å². The molecule has 0 aliphatic carbocycles. The van der Waals surface area contributed by atoms with E-state index in [1.54, 1.807) is 30.5 Å². The number of rotatable bonds is 6. The van der Waals surface area contributed by atoms with Crippen LogP contribution in [0.2, 0.25) is 0 Å². The highest BCUT2D eigenvalue weighted by molar-refractivity contribution is 7.10. The van der Waals surface area contributed by atoms with Crippen molar-refractivity contribution in [3.05, 3.63) is 51.0 Å². The van der Waals surface area contributed by atoms with Gasteiger partial charge in [0.25, 0.3) is 5.91 Å². The van der Waals surface area contributed by atoms with Crippen molar-refractivity contribution < 1.29 is 14.3 Å². The van der Waals surface area contributed by atoms with Crippen LogP contribution >= 0.6 is 11.3 Å². The molecule has 3 heterocycles. The molecule has 0 saturated carbocycles. The standard InChI is InChI=1S/C21H25N3O3S/c1-12(2)21(5)20(26)23-18(24-21)17-16(9-13(3)10-22-17)19(25)27-7-6-15-8-14(4)11-28-15/h8-12H,6-7H2,1-5H3,(H,23,24,26). The van der Waals surface area contributed by atoms with Gasteiger partial charge in [-0.15, -0.1) is 11.3 Å². The highest BCUT2D eigenvalue weighted by Crippen LogP contribution is 2.27. The number of carbonyl (C=O) groups excluding carboxylic acids is 2. The Morgan fingerprint density at radius 1 is 1.29 bits per heavy atom. The van der Waals surface area contributed by atoms with Crippen molar-refractivity contribution in [3.8, 4) is 0 Å². The number of hydrogen-bond donors (Lipinski definition) is 1. The van der Waals surface area contributed by atoms with Crippen LogP contribution in [0.3, 0.4) is 0 Å². The lowest BCUT2D eigenvalue weighted by Gasteiger charge is -2.21. The lowest BCUT2D eigenvalue weighted by Crippen LogP contribution is -2.41. The molecule has 6 nitrogen and oxygen atoms in total. The fraction of sp³-hybridized carbons (Fsp3) is 0.429. The first kappa shape index (κ1) is 20.2. The number of hydrogen-bond acceptors (Lipinski definition) is 6. The second-order valence-electron chi connectivity index (χ2n) is 7.60. The summed E-state index contributed by atoms with van der Waals surface area (Å²) < 4.78 is 5.48. The first-order valence-corrected chi connectivity index (χ1v) is 10.2. The molecule has 0 aromatic carbocycles. The van der Waals surface area contributed by atoms with Gasteiger partial charge in [-0.2, -0.15) is 0 Å². The largest absolute Gasteiger partial charge is 0.462 e. The summed E-state index contributed by atoms with van der Waals surface area (Å²) in [6.45, 7) is 9.85. The second-order valence-corrected chi connectivity index (χ2v) is 8.60. The molecule has 1 aliphatic heterocycles. The highest BCUT2D eigenvalue weighted by atomic mass is 32.1. The Labute approximate surface area is 169 Å². The number of aliphatic imine (C=N–C) groups is 1. The zero-order valence-electron chi connectivity index (χ0n) is 16.8. The van der Waals surface area contributed by atoms with Gasteiger partial charge in [-0.05, 0) is 55.3 Å². The lowest BCUT2D eigenvalue weighted by atomic mass is 9.89. The molecule has 0 spiro atoms. The summed E-state index contributed by atoms with van der Waals surface area (Å²) in [6.07, 6.45) is 2.32. The number of ether oxygens (including phenoxy) is 1. The van der Waals surface area contributed by atoms with Gasteiger partial charge in [0.2, 0.25) is 0 Å². The van der Waals surface area contributed by atoms with Crippen LogP contribution in [0, 0.1) is 19.8 Å². The first-order chi connectivity index (χ1) is 13.2. The van der Waals surface area contributed by atoms with Crippen LogP contribution in [0.15, 0.2) is 28.7 Å². The Balaban J connectivity index is 1.81. The third-order valence-electron chi connectivity index (χ3n) is 5.00. The van der Waals surface area contributed by atoms with Crippen molar-refractivity contribution in [1.82, 2.24) is 10.3 Å². The second kappa shape index (κ2) is 7.83. The first-order valence-electron chi connectivity index (χ1n) is 9.30. The van der Waals surface area contributed by atoms with E-state index in [1.165, 1.54) is 10.4 Å². The van der Waals surface area contributed by atoms with E-state index in [1.807, 2.05) is 27.7 Å². The molecule has 1 aliphatic rings. The van der Waals surface area contributed by atoms with E-state index >= 15 is 0 Å². The minimum atomic E-state index is -0.875. The molecule has 2 aromatic heterocycles. The summed E-state index contributed by atoms with van der Waals surface area (Å²) in [4.78, 5) is 35.3. The molecule has 2 aromatic rings. The number of aryl methyl sites for hydroxylation is 2. The van der Waals surface area contributed by atoms with Crippen LogP contribution in [0.1, 0.15) is 52.8 Å². The molecule has 1 unspecified atom stereocenters. The molecule has 28 heavy (non-hydrogen) atoms. The summed E-state index contributed by atoms with van der Waals surface area (Å²) in [5.74, 6) is -0.316. The van der Waals surface area contributed by atoms with Gasteiger partial charge in [0, 0.05) is 17.5 Å². The molecular weight excluding hydrogens is 374 g/mol. The Morgan fingerprint density at radius 2 is 2.04 bits per heavy atom. The van der Waals surface area contributed by atoms with Crippen molar-refractivity contribution in [2.45, 2.75) is 46.6 Å². The normalized spacial score (nSPS) is 18.9. The molecule has 148 valence electrons. The van der Waals surface area contributed by atoms with Crippen LogP contribution in [-0.4, -0.2) is 34.8 Å². The third kappa shape index (κ3) is 3.99. The molecule has 0 bridgehead atoms. The van der Waals surface area contributed by atoms with Gasteiger partial charge in [0.05, 0.1) is 12.2 Å². The summed E-state index contributed by atoms with van der Waals surface area (Å²) in [5, 5.41) is 4.86. The van der Waals surface area contributed by atoms with Gasteiger partial charge < -0.3 is 10.1 Å². The summed E-state index contributed by atoms with van der Waals surface area (Å²) >= 11 is 1.66. The van der Waals surface area contributed by atoms with E-state index in [0.717, 1.165) is 5.56 Å². The molecule has 1 atom stereocenters. The minimum Gasteiger partial charge on any atom is -0.462 e. The molecule has 1 N–H and O–H groups in total. The number of thiophene rings is 1. The van der Waals surface area contributed by atoms with Gasteiger partial charge in [0.1, 0.15) is 11.2 Å². The zero-order valence-corrected chi connectivity index (χ0v) is 17.6. The molecule has 0 saturated heterocycles. The highest BCUT2D eigenvalue weighted by Gasteiger charge is 2.43. The molecule has 1 amide bonds. The van der Waals surface area contributed by atoms with Gasteiger partial charge in [-0.1, -0.05) is 13.8 Å². The van der Waals surface area contributed by atoms with Crippen molar-refractivity contribution in [2.24, 2.45) is 10.9 Å². The number of carbonyl (C=O) groups is 2. The SMILES string of the molecule is Cc1csc(CCOC(=O)c2cc(C)cnc2C2=NC(C)(C(C)C)C(=O)N2)c1. The topological polar surface area (TPSA) is 80.7 Å². The van der Waals surface area contributed by atoms with Crippen molar-refractivity contribution in [2.75, 3.05) is 6.61 Å². The van der Waals surface area contributed by atoms with Gasteiger partial charge >= 0.3 is 5.97 Å². The number of nitrogens with zero attached hydrogens (tertiary/aromatic N) is 2. The molecule has 0 fully saturated rings. The predicted octanol–water partition coefficient (Wildman–Crippen LogP) is 3.45. The third-order valence-corrected chi connectivity index (χ3v) is 6.11. The smallest absolute Gasteiger partial charge is 0.340 e. The minimum absolute atomic E-state index is 0.0140. The molecule has 3 rings (SSSR count). The van der Waals surface area contributed by atoms with E-state index in [9.17, 15) is 9.59 Å². The average Bonchev–Trinajstić information content (AvgIpc) is 3.18. The van der Waals surface area contributed by atoms with Crippen molar-refractivity contribution >= 4 is 29.0 Å². The van der Waals surface area contributed by atoms with Gasteiger partial charge in [-0.25, -0.2) is 9.79 Å². The lowest BCUT2D eigenvalue weighted by molar-refractivity contribution is -0.124. The summed E-state index contributed by atoms with van der Waals surface area (Å²) in [7, 11) is 0. The number of amides is 1. The van der Waals surface area contributed by atoms with E-state index < -0.39 is 11.5 Å². The number of amidine groups is 1. The maximum atomic E-state index is 12.7. The number of esters is 1. The fourth-order valence-corrected chi connectivity index (χ4v) is 3.77. The Kier molecular flexibility index (Phi) is 5.65. The fourth-order valence-electron chi connectivity index (χ4n) is 2.91. The van der Waals surface area contributed by atoms with Crippen LogP contribution < -0.4 is 5.32 Å². The van der Waals surface area contributed by atoms with Crippen molar-refractivity contribution in [3.63, 3.8) is 0 Å². The summed E-state index contributed by atoms with van der Waals surface area (Å²) in [6, 6.07) is 3.81. The van der Waals surface area contributed by atoms with Crippen molar-refractivity contribution in [1.29, 1.82) is 0 Å². The molecular formula is C21H25N3O3S. The number of aromatic nitrogens is 1. The quantitative estimate of drug-likeness (QED) is 0.755. The Morgan fingerprint density at radius 3 is 2.64 bits per heavy atom. The van der Waals surface area contributed by atoms with Crippen LogP contribution in [-0.2, 0) is 16.0 Å².